The molecule has 0 aliphatic carbocycles. The van der Waals surface area contributed by atoms with E-state index in [2.05, 4.69) is 6.92 Å². The molecule has 0 saturated heterocycles. The normalized spacial score (nSPS) is 12.0. The van der Waals surface area contributed by atoms with Crippen LogP contribution < -0.4 is 0 Å². The van der Waals surface area contributed by atoms with Gasteiger partial charge in [0.2, 0.25) is 0 Å². The Labute approximate surface area is 123 Å². The molecule has 0 atom stereocenters. The topological polar surface area (TPSA) is 46.2 Å². The van der Waals surface area contributed by atoms with E-state index in [1.165, 1.54) is 0 Å². The third-order valence-corrected chi connectivity index (χ3v) is 2.23. The van der Waals surface area contributed by atoms with Gasteiger partial charge < -0.3 is 23.7 Å². The molecule has 0 bridgehead atoms. The van der Waals surface area contributed by atoms with Gasteiger partial charge in [-0.1, -0.05) is 6.92 Å². The Morgan fingerprint density at radius 3 is 1.25 bits per heavy atom. The van der Waals surface area contributed by atoms with Crippen molar-refractivity contribution in [2.75, 3.05) is 59.5 Å². The lowest BCUT2D eigenvalue weighted by Crippen LogP contribution is -2.22. The minimum atomic E-state index is -0.0992. The molecule has 0 rings (SSSR count). The average molecular weight is 292 g/mol. The molecule has 0 aliphatic heterocycles. The molecular formula is C15H32O5. The summed E-state index contributed by atoms with van der Waals surface area (Å²) in [4.78, 5) is 0. The van der Waals surface area contributed by atoms with Crippen molar-refractivity contribution in [3.8, 4) is 0 Å². The standard InChI is InChI=1S/C15H32O5/c1-5-6-16-7-8-17-9-10-18-11-12-19-13-14-20-15(2,3)4/h5-14H2,1-4H3. The van der Waals surface area contributed by atoms with E-state index >= 15 is 0 Å². The van der Waals surface area contributed by atoms with Gasteiger partial charge in [0.1, 0.15) is 0 Å². The van der Waals surface area contributed by atoms with Gasteiger partial charge in [0.15, 0.2) is 0 Å². The van der Waals surface area contributed by atoms with E-state index in [1.54, 1.807) is 0 Å². The second-order valence-corrected chi connectivity index (χ2v) is 5.41. The lowest BCUT2D eigenvalue weighted by atomic mass is 10.2. The highest BCUT2D eigenvalue weighted by atomic mass is 16.6. The van der Waals surface area contributed by atoms with E-state index in [9.17, 15) is 0 Å². The fraction of sp³-hybridized carbons (Fsp3) is 1.00. The maximum Gasteiger partial charge on any atom is 0.0707 e. The van der Waals surface area contributed by atoms with Crippen LogP contribution in [0.1, 0.15) is 34.1 Å². The first-order chi connectivity index (χ1) is 9.56. The minimum Gasteiger partial charge on any atom is -0.379 e. The van der Waals surface area contributed by atoms with Gasteiger partial charge in [0.25, 0.3) is 0 Å². The molecule has 122 valence electrons. The summed E-state index contributed by atoms with van der Waals surface area (Å²) in [5, 5.41) is 0. The van der Waals surface area contributed by atoms with Crippen LogP contribution in [0.25, 0.3) is 0 Å². The molecule has 0 N–H and O–H groups in total. The fourth-order valence-electron chi connectivity index (χ4n) is 1.31. The molecule has 0 amide bonds. The van der Waals surface area contributed by atoms with Crippen LogP contribution in [0.2, 0.25) is 0 Å². The minimum absolute atomic E-state index is 0.0992. The molecule has 20 heavy (non-hydrogen) atoms. The smallest absolute Gasteiger partial charge is 0.0707 e. The summed E-state index contributed by atoms with van der Waals surface area (Å²) < 4.78 is 26.9. The van der Waals surface area contributed by atoms with Crippen molar-refractivity contribution in [2.24, 2.45) is 0 Å². The quantitative estimate of drug-likeness (QED) is 0.460. The first-order valence-corrected chi connectivity index (χ1v) is 7.51. The first-order valence-electron chi connectivity index (χ1n) is 7.51. The molecule has 0 radical (unpaired) electrons. The average Bonchev–Trinajstić information content (AvgIpc) is 2.38. The largest absolute Gasteiger partial charge is 0.379 e. The summed E-state index contributed by atoms with van der Waals surface area (Å²) in [6.45, 7) is 13.9. The molecule has 5 nitrogen and oxygen atoms in total. The second-order valence-electron chi connectivity index (χ2n) is 5.41. The van der Waals surface area contributed by atoms with Crippen LogP contribution in [-0.4, -0.2) is 65.1 Å². The zero-order valence-electron chi connectivity index (χ0n) is 13.6. The van der Waals surface area contributed by atoms with Gasteiger partial charge in [-0.25, -0.2) is 0 Å². The van der Waals surface area contributed by atoms with Gasteiger partial charge in [0, 0.05) is 6.61 Å². The molecule has 0 aromatic rings. The highest BCUT2D eigenvalue weighted by Crippen LogP contribution is 2.05. The third-order valence-electron chi connectivity index (χ3n) is 2.23. The highest BCUT2D eigenvalue weighted by molar-refractivity contribution is 4.57. The van der Waals surface area contributed by atoms with Crippen molar-refractivity contribution in [3.63, 3.8) is 0 Å². The second kappa shape index (κ2) is 13.8. The van der Waals surface area contributed by atoms with E-state index < -0.39 is 0 Å². The SMILES string of the molecule is CCCOCCOCCOCCOCCOC(C)(C)C. The molecule has 0 aromatic carbocycles. The maximum atomic E-state index is 5.53. The van der Waals surface area contributed by atoms with Crippen LogP contribution in [-0.2, 0) is 23.7 Å². The van der Waals surface area contributed by atoms with E-state index in [0.29, 0.717) is 52.9 Å². The molecule has 0 heterocycles. The van der Waals surface area contributed by atoms with Crippen LogP contribution in [0.15, 0.2) is 0 Å². The zero-order chi connectivity index (χ0) is 15.1. The highest BCUT2D eigenvalue weighted by Gasteiger charge is 2.08. The van der Waals surface area contributed by atoms with Crippen LogP contribution >= 0.6 is 0 Å². The first kappa shape index (κ1) is 19.8. The number of hydrogen-bond acceptors (Lipinski definition) is 5. The van der Waals surface area contributed by atoms with Crippen molar-refractivity contribution in [2.45, 2.75) is 39.7 Å². The summed E-state index contributed by atoms with van der Waals surface area (Å²) >= 11 is 0. The van der Waals surface area contributed by atoms with Crippen LogP contribution in [0.5, 0.6) is 0 Å². The van der Waals surface area contributed by atoms with Crippen molar-refractivity contribution in [1.29, 1.82) is 0 Å². The predicted octanol–water partition coefficient (Wildman–Crippen LogP) is 2.28. The lowest BCUT2D eigenvalue weighted by molar-refractivity contribution is -0.0459. The van der Waals surface area contributed by atoms with E-state index in [0.717, 1.165) is 13.0 Å². The van der Waals surface area contributed by atoms with Crippen LogP contribution in [0, 0.1) is 0 Å². The Hall–Kier alpha value is -0.200. The molecule has 0 saturated carbocycles. The Morgan fingerprint density at radius 2 is 0.900 bits per heavy atom. The van der Waals surface area contributed by atoms with Crippen molar-refractivity contribution in [3.05, 3.63) is 0 Å². The van der Waals surface area contributed by atoms with Gasteiger partial charge in [-0.05, 0) is 27.2 Å². The number of hydrogen-bond donors (Lipinski definition) is 0. The van der Waals surface area contributed by atoms with Crippen molar-refractivity contribution >= 4 is 0 Å². The molecular weight excluding hydrogens is 260 g/mol. The Morgan fingerprint density at radius 1 is 0.550 bits per heavy atom. The molecule has 0 aliphatic rings. The maximum absolute atomic E-state index is 5.53. The molecule has 0 unspecified atom stereocenters. The van der Waals surface area contributed by atoms with E-state index in [1.807, 2.05) is 20.8 Å². The molecule has 0 spiro atoms. The van der Waals surface area contributed by atoms with Crippen molar-refractivity contribution in [1.82, 2.24) is 0 Å². The molecule has 0 fully saturated rings. The summed E-state index contributed by atoms with van der Waals surface area (Å²) in [6.07, 6.45) is 1.05. The van der Waals surface area contributed by atoms with E-state index in [-0.39, 0.29) is 5.60 Å². The Balaban J connectivity index is 2.99. The Bertz CT molecular complexity index is 191. The monoisotopic (exact) mass is 292 g/mol. The van der Waals surface area contributed by atoms with Crippen molar-refractivity contribution < 1.29 is 23.7 Å². The summed E-state index contributed by atoms with van der Waals surface area (Å²) in [5.74, 6) is 0. The summed E-state index contributed by atoms with van der Waals surface area (Å²) in [7, 11) is 0. The van der Waals surface area contributed by atoms with E-state index in [4.69, 9.17) is 23.7 Å². The predicted molar refractivity (Wildman–Crippen MR) is 79.3 cm³/mol. The third kappa shape index (κ3) is 17.8. The van der Waals surface area contributed by atoms with Gasteiger partial charge >= 0.3 is 0 Å². The number of ether oxygens (including phenoxy) is 5. The summed E-state index contributed by atoms with van der Waals surface area (Å²) in [5.41, 5.74) is -0.0992. The number of rotatable bonds is 14. The van der Waals surface area contributed by atoms with Crippen LogP contribution in [0.3, 0.4) is 0 Å². The van der Waals surface area contributed by atoms with Crippen LogP contribution in [0.4, 0.5) is 0 Å². The molecule has 0 aromatic heterocycles. The summed E-state index contributed by atoms with van der Waals surface area (Å²) in [6, 6.07) is 0. The Kier molecular flexibility index (Phi) is 13.6. The zero-order valence-corrected chi connectivity index (χ0v) is 13.6. The fourth-order valence-corrected chi connectivity index (χ4v) is 1.31. The van der Waals surface area contributed by atoms with Gasteiger partial charge in [-0.2, -0.15) is 0 Å². The molecule has 5 heteroatoms. The lowest BCUT2D eigenvalue weighted by Gasteiger charge is -2.19. The van der Waals surface area contributed by atoms with Gasteiger partial charge in [-0.15, -0.1) is 0 Å². The van der Waals surface area contributed by atoms with Gasteiger partial charge in [-0.3, -0.25) is 0 Å². The van der Waals surface area contributed by atoms with Gasteiger partial charge in [0.05, 0.1) is 58.5 Å².